The minimum Gasteiger partial charge on any atom is -0.382 e. The summed E-state index contributed by atoms with van der Waals surface area (Å²) in [5.41, 5.74) is 9.69. The Morgan fingerprint density at radius 2 is 2.07 bits per heavy atom. The molecule has 158 valence electrons. The van der Waals surface area contributed by atoms with Gasteiger partial charge in [0.2, 0.25) is 0 Å². The first-order chi connectivity index (χ1) is 13.5. The van der Waals surface area contributed by atoms with Gasteiger partial charge in [0.15, 0.2) is 0 Å². The molecule has 0 bridgehead atoms. The van der Waals surface area contributed by atoms with E-state index in [-0.39, 0.29) is 12.4 Å². The number of pyridine rings is 1. The van der Waals surface area contributed by atoms with E-state index in [1.54, 1.807) is 0 Å². The van der Waals surface area contributed by atoms with Crippen LogP contribution in [0.5, 0.6) is 0 Å². The molecule has 1 aromatic heterocycles. The number of Topliss-reactive ketones (excluding diaryl/α,β-unsaturated/α-hetero) is 1. The molecule has 0 amide bonds. The first-order valence-electron chi connectivity index (χ1n) is 10.6. The number of carbonyl (C=O) groups is 1. The Morgan fingerprint density at radius 1 is 1.29 bits per heavy atom. The number of ether oxygens (including phenoxy) is 1. The van der Waals surface area contributed by atoms with Gasteiger partial charge >= 0.3 is 0 Å². The van der Waals surface area contributed by atoms with Gasteiger partial charge in [-0.25, -0.2) is 4.39 Å². The van der Waals surface area contributed by atoms with Crippen LogP contribution in [0.25, 0.3) is 0 Å². The maximum absolute atomic E-state index is 14.0. The van der Waals surface area contributed by atoms with E-state index in [1.807, 2.05) is 0 Å². The van der Waals surface area contributed by atoms with Crippen LogP contribution in [0, 0.1) is 0 Å². The summed E-state index contributed by atoms with van der Waals surface area (Å²) < 4.78 is 18.9. The first kappa shape index (κ1) is 22.9. The van der Waals surface area contributed by atoms with Gasteiger partial charge in [-0.2, -0.15) is 0 Å². The molecular formula is C22H36FN3O2. The summed E-state index contributed by atoms with van der Waals surface area (Å²) in [6, 6.07) is 3.93. The number of alkyl halides is 1. The molecule has 1 heterocycles. The number of nitrogens with two attached hydrogens (primary N) is 1. The zero-order chi connectivity index (χ0) is 20.4. The fraction of sp³-hybridized carbons (Fsp3) is 0.727. The molecule has 0 saturated heterocycles. The molecule has 1 aromatic rings. The number of halogens is 1. The highest BCUT2D eigenvalue weighted by molar-refractivity contribution is 5.81. The minimum absolute atomic E-state index is 0.0212. The highest BCUT2D eigenvalue weighted by Crippen LogP contribution is 2.20. The molecule has 1 aliphatic carbocycles. The van der Waals surface area contributed by atoms with E-state index in [0.717, 1.165) is 44.3 Å². The van der Waals surface area contributed by atoms with Gasteiger partial charge in [0.25, 0.3) is 0 Å². The summed E-state index contributed by atoms with van der Waals surface area (Å²) >= 11 is 0. The predicted molar refractivity (Wildman–Crippen MR) is 110 cm³/mol. The monoisotopic (exact) mass is 393 g/mol. The zero-order valence-electron chi connectivity index (χ0n) is 17.5. The predicted octanol–water partition coefficient (Wildman–Crippen LogP) is 2.88. The van der Waals surface area contributed by atoms with Crippen molar-refractivity contribution in [1.29, 1.82) is 0 Å². The van der Waals surface area contributed by atoms with Crippen LogP contribution >= 0.6 is 0 Å². The molecule has 2 rings (SSSR count). The van der Waals surface area contributed by atoms with Crippen LogP contribution in [0.1, 0.15) is 56.0 Å². The molecular weight excluding hydrogens is 357 g/mol. The van der Waals surface area contributed by atoms with E-state index in [4.69, 9.17) is 15.5 Å². The van der Waals surface area contributed by atoms with Crippen molar-refractivity contribution in [2.24, 2.45) is 5.73 Å². The Balaban J connectivity index is 1.78. The van der Waals surface area contributed by atoms with E-state index < -0.39 is 12.2 Å². The molecule has 0 aromatic carbocycles. The quantitative estimate of drug-likeness (QED) is 0.522. The topological polar surface area (TPSA) is 68.4 Å². The van der Waals surface area contributed by atoms with Gasteiger partial charge in [-0.3, -0.25) is 9.78 Å². The van der Waals surface area contributed by atoms with Gasteiger partial charge in [-0.05, 0) is 76.5 Å². The maximum atomic E-state index is 14.0. The summed E-state index contributed by atoms with van der Waals surface area (Å²) in [5, 5.41) is 0. The second-order valence-electron chi connectivity index (χ2n) is 7.93. The lowest BCUT2D eigenvalue weighted by Crippen LogP contribution is -2.38. The van der Waals surface area contributed by atoms with Crippen molar-refractivity contribution in [3.63, 3.8) is 0 Å². The fourth-order valence-electron chi connectivity index (χ4n) is 3.74. The van der Waals surface area contributed by atoms with E-state index >= 15 is 0 Å². The third-order valence-corrected chi connectivity index (χ3v) is 5.48. The highest BCUT2D eigenvalue weighted by atomic mass is 19.1. The largest absolute Gasteiger partial charge is 0.382 e. The van der Waals surface area contributed by atoms with Crippen LogP contribution in [0.3, 0.4) is 0 Å². The number of fused-ring (bicyclic) bond motifs is 1. The summed E-state index contributed by atoms with van der Waals surface area (Å²) in [6.45, 7) is 3.33. The Labute approximate surface area is 168 Å². The molecule has 0 saturated carbocycles. The number of nitrogens with zero attached hydrogens (tertiary/aromatic N) is 2. The lowest BCUT2D eigenvalue weighted by molar-refractivity contribution is -0.118. The van der Waals surface area contributed by atoms with E-state index in [0.29, 0.717) is 19.5 Å². The number of ketones is 1. The fourth-order valence-corrected chi connectivity index (χ4v) is 3.74. The molecule has 1 aliphatic rings. The summed E-state index contributed by atoms with van der Waals surface area (Å²) in [7, 11) is 1.51. The van der Waals surface area contributed by atoms with E-state index in [2.05, 4.69) is 17.0 Å². The number of aryl methyl sites for hydroxylation is 3. The Morgan fingerprint density at radius 3 is 2.82 bits per heavy atom. The molecule has 0 radical (unpaired) electrons. The Kier molecular flexibility index (Phi) is 10.0. The lowest BCUT2D eigenvalue weighted by Gasteiger charge is -2.25. The zero-order valence-corrected chi connectivity index (χ0v) is 17.5. The lowest BCUT2D eigenvalue weighted by atomic mass is 9.95. The number of unbranched alkanes of at least 4 members (excludes halogenated alkanes) is 1. The molecule has 28 heavy (non-hydrogen) atoms. The second kappa shape index (κ2) is 12.2. The van der Waals surface area contributed by atoms with Crippen molar-refractivity contribution in [3.8, 4) is 0 Å². The molecule has 5 nitrogen and oxygen atoms in total. The number of carbonyl (C=O) groups excluding carboxylic acids is 1. The van der Waals surface area contributed by atoms with E-state index in [1.165, 1.54) is 38.1 Å². The van der Waals surface area contributed by atoms with Crippen molar-refractivity contribution < 1.29 is 13.9 Å². The Bertz CT molecular complexity index is 611. The standard InChI is InChI=1S/C22H36FN3O2/c1-17(27)21(24)12-14-26(15-19(23)16-28-2)13-6-5-8-20-11-10-18-7-3-4-9-22(18)25-20/h10-11,19,21H,3-9,12-16,24H2,1-2H3/t19-,21-/m0/s1. The number of hydrogen-bond donors (Lipinski definition) is 1. The van der Waals surface area contributed by atoms with E-state index in [9.17, 15) is 9.18 Å². The van der Waals surface area contributed by atoms with Crippen molar-refractivity contribution in [3.05, 3.63) is 29.1 Å². The second-order valence-corrected chi connectivity index (χ2v) is 7.93. The molecule has 0 fully saturated rings. The highest BCUT2D eigenvalue weighted by Gasteiger charge is 2.16. The van der Waals surface area contributed by atoms with Crippen molar-refractivity contribution in [2.75, 3.05) is 33.4 Å². The molecule has 6 heteroatoms. The van der Waals surface area contributed by atoms with Crippen LogP contribution in [0.2, 0.25) is 0 Å². The van der Waals surface area contributed by atoms with Gasteiger partial charge in [0.1, 0.15) is 12.0 Å². The number of aromatic nitrogens is 1. The summed E-state index contributed by atoms with van der Waals surface area (Å²) in [5.74, 6) is -0.0212. The molecule has 0 unspecified atom stereocenters. The van der Waals surface area contributed by atoms with Crippen molar-refractivity contribution in [1.82, 2.24) is 9.88 Å². The number of methoxy groups -OCH3 is 1. The van der Waals surface area contributed by atoms with Gasteiger partial charge in [0.05, 0.1) is 12.6 Å². The summed E-state index contributed by atoms with van der Waals surface area (Å²) in [6.07, 6.45) is 7.24. The van der Waals surface area contributed by atoms with Gasteiger partial charge in [-0.1, -0.05) is 6.07 Å². The molecule has 0 aliphatic heterocycles. The van der Waals surface area contributed by atoms with Crippen LogP contribution in [0.15, 0.2) is 12.1 Å². The summed E-state index contributed by atoms with van der Waals surface area (Å²) in [4.78, 5) is 18.3. The molecule has 0 spiro atoms. The smallest absolute Gasteiger partial charge is 0.146 e. The van der Waals surface area contributed by atoms with Crippen LogP contribution < -0.4 is 5.73 Å². The average Bonchev–Trinajstić information content (AvgIpc) is 2.68. The average molecular weight is 394 g/mol. The van der Waals surface area contributed by atoms with Crippen LogP contribution in [-0.2, 0) is 28.8 Å². The van der Waals surface area contributed by atoms with Gasteiger partial charge in [-0.15, -0.1) is 0 Å². The number of hydrogen-bond acceptors (Lipinski definition) is 5. The van der Waals surface area contributed by atoms with Crippen molar-refractivity contribution in [2.45, 2.75) is 70.5 Å². The maximum Gasteiger partial charge on any atom is 0.146 e. The Hall–Kier alpha value is -1.37. The van der Waals surface area contributed by atoms with Gasteiger partial charge < -0.3 is 15.4 Å². The molecule has 2 atom stereocenters. The van der Waals surface area contributed by atoms with Crippen LogP contribution in [0.4, 0.5) is 4.39 Å². The third kappa shape index (κ3) is 7.94. The minimum atomic E-state index is -1.03. The SMILES string of the molecule is COC[C@@H](F)CN(CCCCc1ccc2c(n1)CCCC2)CC[C@H](N)C(C)=O. The third-order valence-electron chi connectivity index (χ3n) is 5.48. The van der Waals surface area contributed by atoms with Crippen LogP contribution in [-0.4, -0.2) is 61.2 Å². The van der Waals surface area contributed by atoms with Crippen molar-refractivity contribution >= 4 is 5.78 Å². The normalized spacial score (nSPS) is 16.0. The first-order valence-corrected chi connectivity index (χ1v) is 10.6. The molecule has 2 N–H and O–H groups in total. The number of rotatable bonds is 13. The van der Waals surface area contributed by atoms with Gasteiger partial charge in [0, 0.05) is 31.6 Å².